The molecule has 2 unspecified atom stereocenters. The van der Waals surface area contributed by atoms with E-state index in [1.54, 1.807) is 0 Å². The minimum atomic E-state index is -0.551. The molecule has 1 rings (SSSR count). The van der Waals surface area contributed by atoms with E-state index in [-0.39, 0.29) is 12.1 Å². The monoisotopic (exact) mass is 229 g/mol. The fraction of sp³-hybridized carbons (Fsp3) is 0.917. The zero-order valence-electron chi connectivity index (χ0n) is 10.3. The lowest BCUT2D eigenvalue weighted by Crippen LogP contribution is -2.42. The van der Waals surface area contributed by atoms with Gasteiger partial charge < -0.3 is 15.2 Å². The van der Waals surface area contributed by atoms with Gasteiger partial charge in [-0.1, -0.05) is 6.92 Å². The molecule has 4 heteroatoms. The Hall–Kier alpha value is -0.610. The summed E-state index contributed by atoms with van der Waals surface area (Å²) < 4.78 is 10.7. The van der Waals surface area contributed by atoms with Crippen LogP contribution in [0.4, 0.5) is 0 Å². The minimum Gasteiger partial charge on any atom is -0.466 e. The molecule has 1 saturated heterocycles. The molecule has 0 aromatic rings. The number of carbonyl (C=O) groups is 1. The summed E-state index contributed by atoms with van der Waals surface area (Å²) in [6, 6.07) is 0. The molecule has 4 nitrogen and oxygen atoms in total. The number of hydrogen-bond donors (Lipinski definition) is 1. The third-order valence-electron chi connectivity index (χ3n) is 3.42. The Morgan fingerprint density at radius 1 is 1.56 bits per heavy atom. The third kappa shape index (κ3) is 2.95. The summed E-state index contributed by atoms with van der Waals surface area (Å²) in [6.07, 6.45) is 3.69. The van der Waals surface area contributed by atoms with Crippen LogP contribution in [0.1, 0.15) is 39.5 Å². The average molecular weight is 229 g/mol. The number of carbonyl (C=O) groups excluding carboxylic acids is 1. The topological polar surface area (TPSA) is 61.5 Å². The lowest BCUT2D eigenvalue weighted by Gasteiger charge is -2.30. The third-order valence-corrected chi connectivity index (χ3v) is 3.42. The Morgan fingerprint density at radius 2 is 2.31 bits per heavy atom. The Morgan fingerprint density at radius 3 is 2.75 bits per heavy atom. The van der Waals surface area contributed by atoms with Gasteiger partial charge in [0.1, 0.15) is 0 Å². The van der Waals surface area contributed by atoms with Gasteiger partial charge in [-0.25, -0.2) is 0 Å². The maximum atomic E-state index is 12.0. The van der Waals surface area contributed by atoms with Gasteiger partial charge in [-0.3, -0.25) is 4.79 Å². The van der Waals surface area contributed by atoms with Crippen LogP contribution in [0.15, 0.2) is 0 Å². The summed E-state index contributed by atoms with van der Waals surface area (Å²) in [5.74, 6) is -0.171. The van der Waals surface area contributed by atoms with Crippen LogP contribution in [0.25, 0.3) is 0 Å². The van der Waals surface area contributed by atoms with Crippen LogP contribution in [-0.2, 0) is 14.3 Å². The van der Waals surface area contributed by atoms with E-state index >= 15 is 0 Å². The fourth-order valence-corrected chi connectivity index (χ4v) is 2.21. The highest BCUT2D eigenvalue weighted by Gasteiger charge is 2.40. The number of esters is 1. The molecular weight excluding hydrogens is 206 g/mol. The second-order valence-electron chi connectivity index (χ2n) is 4.40. The SMILES string of the molecule is CCOC(=O)C(CC)(CN)CC1CCCO1. The molecule has 0 aromatic heterocycles. The standard InChI is InChI=1S/C12H23NO3/c1-3-12(9-13,11(14)15-4-2)8-10-6-5-7-16-10/h10H,3-9,13H2,1-2H3. The summed E-state index contributed by atoms with van der Waals surface area (Å²) in [5, 5.41) is 0. The highest BCUT2D eigenvalue weighted by Crippen LogP contribution is 2.32. The lowest BCUT2D eigenvalue weighted by atomic mass is 9.79. The Labute approximate surface area is 97.5 Å². The van der Waals surface area contributed by atoms with Crippen molar-refractivity contribution in [3.05, 3.63) is 0 Å². The van der Waals surface area contributed by atoms with Crippen molar-refractivity contribution in [2.45, 2.75) is 45.6 Å². The van der Waals surface area contributed by atoms with Crippen LogP contribution in [0.5, 0.6) is 0 Å². The summed E-state index contributed by atoms with van der Waals surface area (Å²) in [7, 11) is 0. The molecule has 0 bridgehead atoms. The van der Waals surface area contributed by atoms with Gasteiger partial charge in [-0.05, 0) is 32.6 Å². The number of rotatable bonds is 6. The average Bonchev–Trinajstić information content (AvgIpc) is 2.79. The number of nitrogens with two attached hydrogens (primary N) is 1. The van der Waals surface area contributed by atoms with Gasteiger partial charge >= 0.3 is 5.97 Å². The zero-order valence-corrected chi connectivity index (χ0v) is 10.3. The van der Waals surface area contributed by atoms with E-state index in [1.165, 1.54) is 0 Å². The van der Waals surface area contributed by atoms with Crippen molar-refractivity contribution < 1.29 is 14.3 Å². The van der Waals surface area contributed by atoms with Crippen LogP contribution in [0.3, 0.4) is 0 Å². The van der Waals surface area contributed by atoms with E-state index < -0.39 is 5.41 Å². The highest BCUT2D eigenvalue weighted by atomic mass is 16.5. The van der Waals surface area contributed by atoms with Crippen LogP contribution in [0, 0.1) is 5.41 Å². The molecule has 16 heavy (non-hydrogen) atoms. The molecule has 2 atom stereocenters. The normalized spacial score (nSPS) is 24.1. The van der Waals surface area contributed by atoms with Crippen LogP contribution in [-0.4, -0.2) is 31.8 Å². The molecule has 1 aliphatic heterocycles. The smallest absolute Gasteiger partial charge is 0.313 e. The van der Waals surface area contributed by atoms with Crippen LogP contribution >= 0.6 is 0 Å². The van der Waals surface area contributed by atoms with Crippen LogP contribution in [0.2, 0.25) is 0 Å². The largest absolute Gasteiger partial charge is 0.466 e. The second kappa shape index (κ2) is 6.21. The van der Waals surface area contributed by atoms with Gasteiger partial charge in [-0.15, -0.1) is 0 Å². The van der Waals surface area contributed by atoms with Gasteiger partial charge in [-0.2, -0.15) is 0 Å². The zero-order chi connectivity index (χ0) is 12.0. The molecular formula is C12H23NO3. The molecule has 1 fully saturated rings. The van der Waals surface area contributed by atoms with E-state index in [0.717, 1.165) is 19.4 Å². The summed E-state index contributed by atoms with van der Waals surface area (Å²) in [6.45, 7) is 5.35. The molecule has 0 aromatic carbocycles. The van der Waals surface area contributed by atoms with Crippen molar-refractivity contribution in [3.63, 3.8) is 0 Å². The maximum Gasteiger partial charge on any atom is 0.313 e. The molecule has 0 aliphatic carbocycles. The maximum absolute atomic E-state index is 12.0. The fourth-order valence-electron chi connectivity index (χ4n) is 2.21. The molecule has 0 spiro atoms. The van der Waals surface area contributed by atoms with Gasteiger partial charge in [0.2, 0.25) is 0 Å². The van der Waals surface area contributed by atoms with Gasteiger partial charge in [0, 0.05) is 13.2 Å². The molecule has 0 amide bonds. The van der Waals surface area contributed by atoms with Crippen molar-refractivity contribution in [1.82, 2.24) is 0 Å². The van der Waals surface area contributed by atoms with Crippen LogP contribution < -0.4 is 5.73 Å². The summed E-state index contributed by atoms with van der Waals surface area (Å²) in [4.78, 5) is 12.0. The second-order valence-corrected chi connectivity index (χ2v) is 4.40. The molecule has 2 N–H and O–H groups in total. The van der Waals surface area contributed by atoms with Gasteiger partial charge in [0.05, 0.1) is 18.1 Å². The first kappa shape index (κ1) is 13.5. The first-order valence-corrected chi connectivity index (χ1v) is 6.17. The quantitative estimate of drug-likeness (QED) is 0.701. The van der Waals surface area contributed by atoms with E-state index in [4.69, 9.17) is 15.2 Å². The predicted octanol–water partition coefficient (Wildman–Crippen LogP) is 1.47. The summed E-state index contributed by atoms with van der Waals surface area (Å²) >= 11 is 0. The number of hydrogen-bond acceptors (Lipinski definition) is 4. The van der Waals surface area contributed by atoms with Gasteiger partial charge in [0.25, 0.3) is 0 Å². The molecule has 1 aliphatic rings. The number of ether oxygens (including phenoxy) is 2. The summed E-state index contributed by atoms with van der Waals surface area (Å²) in [5.41, 5.74) is 5.22. The van der Waals surface area contributed by atoms with E-state index in [9.17, 15) is 4.79 Å². The van der Waals surface area contributed by atoms with Crippen molar-refractivity contribution in [2.75, 3.05) is 19.8 Å². The first-order valence-electron chi connectivity index (χ1n) is 6.17. The van der Waals surface area contributed by atoms with Crippen molar-refractivity contribution in [3.8, 4) is 0 Å². The van der Waals surface area contributed by atoms with Crippen molar-refractivity contribution >= 4 is 5.97 Å². The van der Waals surface area contributed by atoms with Crippen molar-refractivity contribution in [2.24, 2.45) is 11.1 Å². The van der Waals surface area contributed by atoms with Gasteiger partial charge in [0.15, 0.2) is 0 Å². The lowest BCUT2D eigenvalue weighted by molar-refractivity contribution is -0.157. The Kier molecular flexibility index (Phi) is 5.22. The molecule has 0 radical (unpaired) electrons. The Bertz CT molecular complexity index is 220. The molecule has 1 heterocycles. The first-order chi connectivity index (χ1) is 7.68. The molecule has 94 valence electrons. The van der Waals surface area contributed by atoms with E-state index in [1.807, 2.05) is 13.8 Å². The highest BCUT2D eigenvalue weighted by molar-refractivity contribution is 5.77. The molecule has 0 saturated carbocycles. The Balaban J connectivity index is 2.65. The predicted molar refractivity (Wildman–Crippen MR) is 62.0 cm³/mol. The van der Waals surface area contributed by atoms with Crippen molar-refractivity contribution in [1.29, 1.82) is 0 Å². The van der Waals surface area contributed by atoms with E-state index in [2.05, 4.69) is 0 Å². The van der Waals surface area contributed by atoms with E-state index in [0.29, 0.717) is 26.0 Å². The minimum absolute atomic E-state index is 0.171.